The Morgan fingerprint density at radius 1 is 1.15 bits per heavy atom. The zero-order valence-electron chi connectivity index (χ0n) is 11.5. The second kappa shape index (κ2) is 5.81. The summed E-state index contributed by atoms with van der Waals surface area (Å²) < 4.78 is 5.36. The van der Waals surface area contributed by atoms with Gasteiger partial charge in [0.05, 0.1) is 13.2 Å². The largest absolute Gasteiger partial charge is 0.378 e. The van der Waals surface area contributed by atoms with Crippen molar-refractivity contribution in [2.75, 3.05) is 31.2 Å². The van der Waals surface area contributed by atoms with Crippen LogP contribution in [0.3, 0.4) is 0 Å². The normalized spacial score (nSPS) is 15.4. The van der Waals surface area contributed by atoms with Gasteiger partial charge in [-0.25, -0.2) is 4.98 Å². The van der Waals surface area contributed by atoms with Gasteiger partial charge < -0.3 is 9.64 Å². The van der Waals surface area contributed by atoms with Gasteiger partial charge in [-0.2, -0.15) is 0 Å². The maximum absolute atomic E-state index is 6.17. The number of benzene rings is 1. The second-order valence-electron chi connectivity index (χ2n) is 4.92. The molecule has 0 saturated carbocycles. The van der Waals surface area contributed by atoms with Crippen LogP contribution in [0.1, 0.15) is 5.56 Å². The summed E-state index contributed by atoms with van der Waals surface area (Å²) in [6, 6.07) is 10.1. The third-order valence-electron chi connectivity index (χ3n) is 3.66. The molecule has 4 heteroatoms. The standard InChI is InChI=1S/C16H17ClN2O/c1-12-14(3-2-4-15(12)17)13-5-6-16(18-11-13)19-7-9-20-10-8-19/h2-6,11H,7-10H2,1H3. The SMILES string of the molecule is Cc1c(Cl)cccc1-c1ccc(N2CCOCC2)nc1. The van der Waals surface area contributed by atoms with E-state index in [1.165, 1.54) is 0 Å². The number of ether oxygens (including phenoxy) is 1. The molecule has 20 heavy (non-hydrogen) atoms. The number of hydrogen-bond acceptors (Lipinski definition) is 3. The van der Waals surface area contributed by atoms with E-state index >= 15 is 0 Å². The first-order valence-corrected chi connectivity index (χ1v) is 7.18. The van der Waals surface area contributed by atoms with Crippen molar-refractivity contribution in [3.05, 3.63) is 47.1 Å². The molecule has 2 heterocycles. The Morgan fingerprint density at radius 2 is 1.95 bits per heavy atom. The Hall–Kier alpha value is -1.58. The number of anilines is 1. The van der Waals surface area contributed by atoms with Gasteiger partial charge in [-0.3, -0.25) is 0 Å². The van der Waals surface area contributed by atoms with Crippen LogP contribution in [0.4, 0.5) is 5.82 Å². The minimum atomic E-state index is 0.775. The molecule has 0 N–H and O–H groups in total. The fourth-order valence-electron chi connectivity index (χ4n) is 2.45. The van der Waals surface area contributed by atoms with E-state index in [9.17, 15) is 0 Å². The van der Waals surface area contributed by atoms with Crippen molar-refractivity contribution in [1.82, 2.24) is 4.98 Å². The highest BCUT2D eigenvalue weighted by atomic mass is 35.5. The lowest BCUT2D eigenvalue weighted by Gasteiger charge is -2.27. The van der Waals surface area contributed by atoms with E-state index in [0.29, 0.717) is 0 Å². The molecule has 1 aromatic heterocycles. The molecule has 0 aliphatic carbocycles. The minimum absolute atomic E-state index is 0.775. The zero-order chi connectivity index (χ0) is 13.9. The molecular formula is C16H17ClN2O. The Labute approximate surface area is 124 Å². The summed E-state index contributed by atoms with van der Waals surface area (Å²) in [6.45, 7) is 5.40. The summed E-state index contributed by atoms with van der Waals surface area (Å²) in [4.78, 5) is 6.82. The van der Waals surface area contributed by atoms with Crippen LogP contribution in [0.25, 0.3) is 11.1 Å². The van der Waals surface area contributed by atoms with E-state index < -0.39 is 0 Å². The van der Waals surface area contributed by atoms with E-state index in [1.54, 1.807) is 0 Å². The van der Waals surface area contributed by atoms with Crippen LogP contribution < -0.4 is 4.90 Å². The first kappa shape index (κ1) is 13.4. The van der Waals surface area contributed by atoms with Gasteiger partial charge in [0.15, 0.2) is 0 Å². The van der Waals surface area contributed by atoms with Crippen LogP contribution in [0.15, 0.2) is 36.5 Å². The monoisotopic (exact) mass is 288 g/mol. The topological polar surface area (TPSA) is 25.4 Å². The predicted molar refractivity (Wildman–Crippen MR) is 82.5 cm³/mol. The van der Waals surface area contributed by atoms with Crippen molar-refractivity contribution >= 4 is 17.4 Å². The third-order valence-corrected chi connectivity index (χ3v) is 4.07. The quantitative estimate of drug-likeness (QED) is 0.845. The van der Waals surface area contributed by atoms with E-state index in [-0.39, 0.29) is 0 Å². The number of halogens is 1. The van der Waals surface area contributed by atoms with Crippen LogP contribution in [-0.4, -0.2) is 31.3 Å². The average Bonchev–Trinajstić information content (AvgIpc) is 2.51. The van der Waals surface area contributed by atoms with E-state index in [0.717, 1.165) is 53.8 Å². The van der Waals surface area contributed by atoms with Crippen molar-refractivity contribution in [1.29, 1.82) is 0 Å². The molecule has 1 saturated heterocycles. The lowest BCUT2D eigenvalue weighted by atomic mass is 10.0. The van der Waals surface area contributed by atoms with Gasteiger partial charge in [0.25, 0.3) is 0 Å². The van der Waals surface area contributed by atoms with Crippen LogP contribution >= 0.6 is 11.6 Å². The summed E-state index contributed by atoms with van der Waals surface area (Å²) in [5.74, 6) is 1.01. The van der Waals surface area contributed by atoms with Gasteiger partial charge in [-0.05, 0) is 36.2 Å². The van der Waals surface area contributed by atoms with Gasteiger partial charge in [0, 0.05) is 29.9 Å². The zero-order valence-corrected chi connectivity index (χ0v) is 12.2. The summed E-state index contributed by atoms with van der Waals surface area (Å²) in [7, 11) is 0. The molecule has 1 aliphatic rings. The van der Waals surface area contributed by atoms with Crippen LogP contribution in [0.5, 0.6) is 0 Å². The molecule has 0 amide bonds. The van der Waals surface area contributed by atoms with Gasteiger partial charge in [0.2, 0.25) is 0 Å². The summed E-state index contributed by atoms with van der Waals surface area (Å²) in [5.41, 5.74) is 3.33. The molecular weight excluding hydrogens is 272 g/mol. The highest BCUT2D eigenvalue weighted by Gasteiger charge is 2.12. The number of rotatable bonds is 2. The molecule has 0 radical (unpaired) electrons. The molecule has 0 bridgehead atoms. The van der Waals surface area contributed by atoms with Crippen LogP contribution in [0, 0.1) is 6.92 Å². The lowest BCUT2D eigenvalue weighted by molar-refractivity contribution is 0.122. The van der Waals surface area contributed by atoms with E-state index in [2.05, 4.69) is 28.1 Å². The van der Waals surface area contributed by atoms with Gasteiger partial charge in [-0.15, -0.1) is 0 Å². The number of nitrogens with zero attached hydrogens (tertiary/aromatic N) is 2. The first-order valence-electron chi connectivity index (χ1n) is 6.80. The van der Waals surface area contributed by atoms with E-state index in [4.69, 9.17) is 16.3 Å². The Balaban J connectivity index is 1.87. The Bertz CT molecular complexity index is 592. The maximum atomic E-state index is 6.17. The van der Waals surface area contributed by atoms with Crippen LogP contribution in [-0.2, 0) is 4.74 Å². The van der Waals surface area contributed by atoms with Crippen molar-refractivity contribution in [2.24, 2.45) is 0 Å². The molecule has 0 spiro atoms. The molecule has 3 rings (SSSR count). The molecule has 2 aromatic rings. The van der Waals surface area contributed by atoms with Gasteiger partial charge >= 0.3 is 0 Å². The Kier molecular flexibility index (Phi) is 3.90. The number of pyridine rings is 1. The summed E-state index contributed by atoms with van der Waals surface area (Å²) in [6.07, 6.45) is 1.92. The fraction of sp³-hybridized carbons (Fsp3) is 0.312. The lowest BCUT2D eigenvalue weighted by Crippen LogP contribution is -2.36. The van der Waals surface area contributed by atoms with Crippen LogP contribution in [0.2, 0.25) is 5.02 Å². The molecule has 3 nitrogen and oxygen atoms in total. The number of aromatic nitrogens is 1. The van der Waals surface area contributed by atoms with Gasteiger partial charge in [-0.1, -0.05) is 23.7 Å². The van der Waals surface area contributed by atoms with Crippen molar-refractivity contribution in [3.63, 3.8) is 0 Å². The smallest absolute Gasteiger partial charge is 0.128 e. The molecule has 1 fully saturated rings. The Morgan fingerprint density at radius 3 is 2.65 bits per heavy atom. The fourth-order valence-corrected chi connectivity index (χ4v) is 2.62. The third kappa shape index (κ3) is 2.65. The van der Waals surface area contributed by atoms with Crippen molar-refractivity contribution < 1.29 is 4.74 Å². The van der Waals surface area contributed by atoms with Crippen molar-refractivity contribution in [2.45, 2.75) is 6.92 Å². The molecule has 0 atom stereocenters. The first-order chi connectivity index (χ1) is 9.75. The maximum Gasteiger partial charge on any atom is 0.128 e. The molecule has 1 aromatic carbocycles. The number of morpholine rings is 1. The number of hydrogen-bond donors (Lipinski definition) is 0. The predicted octanol–water partition coefficient (Wildman–Crippen LogP) is 3.55. The van der Waals surface area contributed by atoms with E-state index in [1.807, 2.05) is 25.3 Å². The summed E-state index contributed by atoms with van der Waals surface area (Å²) in [5, 5.41) is 0.791. The summed E-state index contributed by atoms with van der Waals surface area (Å²) >= 11 is 6.17. The highest BCUT2D eigenvalue weighted by molar-refractivity contribution is 6.31. The van der Waals surface area contributed by atoms with Gasteiger partial charge in [0.1, 0.15) is 5.82 Å². The van der Waals surface area contributed by atoms with Crippen molar-refractivity contribution in [3.8, 4) is 11.1 Å². The molecule has 104 valence electrons. The highest BCUT2D eigenvalue weighted by Crippen LogP contribution is 2.28. The average molecular weight is 289 g/mol. The molecule has 0 unspecified atom stereocenters. The second-order valence-corrected chi connectivity index (χ2v) is 5.32. The molecule has 1 aliphatic heterocycles. The minimum Gasteiger partial charge on any atom is -0.378 e.